The first-order chi connectivity index (χ1) is 9.50. The van der Waals surface area contributed by atoms with Gasteiger partial charge in [0, 0.05) is 18.0 Å². The number of aromatic amines is 1. The van der Waals surface area contributed by atoms with Crippen LogP contribution in [0.4, 0.5) is 0 Å². The average molecular weight is 334 g/mol. The van der Waals surface area contributed by atoms with Gasteiger partial charge in [-0.05, 0) is 18.4 Å². The predicted molar refractivity (Wildman–Crippen MR) is 80.5 cm³/mol. The van der Waals surface area contributed by atoms with E-state index in [-0.39, 0.29) is 10.8 Å². The number of H-pyrrole nitrogens is 1. The fourth-order valence-electron chi connectivity index (χ4n) is 1.97. The highest BCUT2D eigenvalue weighted by atomic mass is 35.5. The van der Waals surface area contributed by atoms with Gasteiger partial charge in [0.25, 0.3) is 0 Å². The normalized spacial score (nSPS) is 12.2. The van der Waals surface area contributed by atoms with Crippen LogP contribution in [-0.2, 0) is 22.4 Å². The Morgan fingerprint density at radius 2 is 2.25 bits per heavy atom. The number of hydrogen-bond donors (Lipinski definition) is 1. The summed E-state index contributed by atoms with van der Waals surface area (Å²) < 4.78 is 27.0. The molecule has 0 saturated heterocycles. The SMILES string of the molecule is CCN(Cc1cccs1)S(=O)(=O)c1c(CCl)n[nH]c1C. The number of aromatic nitrogens is 2. The van der Waals surface area contributed by atoms with E-state index >= 15 is 0 Å². The van der Waals surface area contributed by atoms with Gasteiger partial charge >= 0.3 is 0 Å². The van der Waals surface area contributed by atoms with E-state index in [0.29, 0.717) is 24.5 Å². The van der Waals surface area contributed by atoms with Crippen LogP contribution in [0, 0.1) is 6.92 Å². The van der Waals surface area contributed by atoms with Crippen LogP contribution in [0.5, 0.6) is 0 Å². The Kier molecular flexibility index (Phi) is 4.85. The minimum Gasteiger partial charge on any atom is -0.281 e. The van der Waals surface area contributed by atoms with E-state index in [1.807, 2.05) is 24.4 Å². The lowest BCUT2D eigenvalue weighted by atomic mass is 10.4. The first-order valence-corrected chi connectivity index (χ1v) is 8.98. The molecule has 20 heavy (non-hydrogen) atoms. The third kappa shape index (κ3) is 2.90. The fraction of sp³-hybridized carbons (Fsp3) is 0.417. The van der Waals surface area contributed by atoms with Crippen molar-refractivity contribution in [2.45, 2.75) is 31.2 Å². The summed E-state index contributed by atoms with van der Waals surface area (Å²) in [6, 6.07) is 3.83. The molecule has 0 fully saturated rings. The van der Waals surface area contributed by atoms with Crippen molar-refractivity contribution in [3.8, 4) is 0 Å². The van der Waals surface area contributed by atoms with Crippen molar-refractivity contribution in [1.29, 1.82) is 0 Å². The number of rotatable bonds is 6. The molecular formula is C12H16ClN3O2S2. The quantitative estimate of drug-likeness (QED) is 0.826. The Labute approximate surface area is 127 Å². The number of thiophene rings is 1. The second-order valence-corrected chi connectivity index (χ2v) is 7.44. The number of aryl methyl sites for hydroxylation is 1. The minimum absolute atomic E-state index is 0.0649. The second kappa shape index (κ2) is 6.26. The van der Waals surface area contributed by atoms with E-state index < -0.39 is 10.0 Å². The molecule has 2 aromatic heterocycles. The van der Waals surface area contributed by atoms with Gasteiger partial charge in [-0.15, -0.1) is 22.9 Å². The number of alkyl halides is 1. The molecule has 2 rings (SSSR count). The number of hydrogen-bond acceptors (Lipinski definition) is 4. The van der Waals surface area contributed by atoms with Crippen LogP contribution in [0.25, 0.3) is 0 Å². The van der Waals surface area contributed by atoms with Crippen molar-refractivity contribution < 1.29 is 8.42 Å². The summed E-state index contributed by atoms with van der Waals surface area (Å²) >= 11 is 7.32. The molecule has 2 aromatic rings. The lowest BCUT2D eigenvalue weighted by Crippen LogP contribution is -2.31. The molecule has 0 amide bonds. The predicted octanol–water partition coefficient (Wildman–Crippen LogP) is 2.73. The highest BCUT2D eigenvalue weighted by molar-refractivity contribution is 7.89. The number of nitrogens with one attached hydrogen (secondary N) is 1. The number of sulfonamides is 1. The first-order valence-electron chi connectivity index (χ1n) is 6.13. The van der Waals surface area contributed by atoms with Crippen molar-refractivity contribution in [2.24, 2.45) is 0 Å². The van der Waals surface area contributed by atoms with Crippen molar-refractivity contribution in [2.75, 3.05) is 6.54 Å². The standard InChI is InChI=1S/C12H16ClN3O2S2/c1-3-16(8-10-5-4-6-19-10)20(17,18)12-9(2)14-15-11(12)7-13/h4-6H,3,7-8H2,1-2H3,(H,14,15). The molecular weight excluding hydrogens is 318 g/mol. The van der Waals surface area contributed by atoms with Gasteiger partial charge in [0.05, 0.1) is 17.3 Å². The van der Waals surface area contributed by atoms with Gasteiger partial charge in [0.15, 0.2) is 0 Å². The third-order valence-corrected chi connectivity index (χ3v) is 6.19. The van der Waals surface area contributed by atoms with Gasteiger partial charge in [0.2, 0.25) is 10.0 Å². The van der Waals surface area contributed by atoms with E-state index in [9.17, 15) is 8.42 Å². The van der Waals surface area contributed by atoms with Crippen LogP contribution < -0.4 is 0 Å². The topological polar surface area (TPSA) is 66.1 Å². The summed E-state index contributed by atoms with van der Waals surface area (Å²) in [4.78, 5) is 1.20. The zero-order chi connectivity index (χ0) is 14.8. The maximum absolute atomic E-state index is 12.8. The number of halogens is 1. The molecule has 0 unspecified atom stereocenters. The van der Waals surface area contributed by atoms with Crippen LogP contribution in [-0.4, -0.2) is 29.5 Å². The molecule has 0 aromatic carbocycles. The highest BCUT2D eigenvalue weighted by Crippen LogP contribution is 2.25. The maximum Gasteiger partial charge on any atom is 0.247 e. The van der Waals surface area contributed by atoms with Gasteiger partial charge in [-0.1, -0.05) is 13.0 Å². The molecule has 0 aliphatic heterocycles. The lowest BCUT2D eigenvalue weighted by molar-refractivity contribution is 0.425. The largest absolute Gasteiger partial charge is 0.281 e. The molecule has 8 heteroatoms. The molecule has 1 N–H and O–H groups in total. The van der Waals surface area contributed by atoms with Crippen LogP contribution >= 0.6 is 22.9 Å². The molecule has 2 heterocycles. The van der Waals surface area contributed by atoms with Crippen LogP contribution in [0.15, 0.2) is 22.4 Å². The molecule has 0 spiro atoms. The van der Waals surface area contributed by atoms with Crippen molar-refractivity contribution in [3.05, 3.63) is 33.8 Å². The summed E-state index contributed by atoms with van der Waals surface area (Å²) in [5.41, 5.74) is 0.888. The lowest BCUT2D eigenvalue weighted by Gasteiger charge is -2.20. The molecule has 110 valence electrons. The fourth-order valence-corrected chi connectivity index (χ4v) is 4.80. The summed E-state index contributed by atoms with van der Waals surface area (Å²) in [5.74, 6) is 0.0649. The molecule has 0 aliphatic carbocycles. The Balaban J connectivity index is 2.39. The summed E-state index contributed by atoms with van der Waals surface area (Å²) in [7, 11) is -3.60. The van der Waals surface area contributed by atoms with Crippen molar-refractivity contribution in [1.82, 2.24) is 14.5 Å². The minimum atomic E-state index is -3.60. The zero-order valence-electron chi connectivity index (χ0n) is 11.3. The number of nitrogens with zero attached hydrogens (tertiary/aromatic N) is 2. The van der Waals surface area contributed by atoms with E-state index in [4.69, 9.17) is 11.6 Å². The molecule has 0 atom stereocenters. The van der Waals surface area contributed by atoms with Crippen LogP contribution in [0.2, 0.25) is 0 Å². The smallest absolute Gasteiger partial charge is 0.247 e. The Bertz CT molecular complexity index is 665. The molecule has 0 aliphatic rings. The molecule has 0 radical (unpaired) electrons. The Morgan fingerprint density at radius 3 is 2.80 bits per heavy atom. The molecule has 0 saturated carbocycles. The van der Waals surface area contributed by atoms with E-state index in [1.54, 1.807) is 6.92 Å². The molecule has 5 nitrogen and oxygen atoms in total. The van der Waals surface area contributed by atoms with E-state index in [0.717, 1.165) is 4.88 Å². The Hall–Kier alpha value is -0.890. The van der Waals surface area contributed by atoms with Crippen LogP contribution in [0.3, 0.4) is 0 Å². The summed E-state index contributed by atoms with van der Waals surface area (Å²) in [6.07, 6.45) is 0. The maximum atomic E-state index is 12.8. The highest BCUT2D eigenvalue weighted by Gasteiger charge is 2.29. The van der Waals surface area contributed by atoms with Crippen molar-refractivity contribution in [3.63, 3.8) is 0 Å². The van der Waals surface area contributed by atoms with Gasteiger partial charge in [0.1, 0.15) is 4.90 Å². The first kappa shape index (κ1) is 15.5. The van der Waals surface area contributed by atoms with Crippen molar-refractivity contribution >= 4 is 33.0 Å². The molecule has 0 bridgehead atoms. The average Bonchev–Trinajstić information content (AvgIpc) is 3.04. The van der Waals surface area contributed by atoms with Gasteiger partial charge in [-0.3, -0.25) is 5.10 Å². The monoisotopic (exact) mass is 333 g/mol. The van der Waals surface area contributed by atoms with E-state index in [2.05, 4.69) is 10.2 Å². The van der Waals surface area contributed by atoms with Gasteiger partial charge in [-0.25, -0.2) is 8.42 Å². The summed E-state index contributed by atoms with van der Waals surface area (Å²) in [6.45, 7) is 4.27. The van der Waals surface area contributed by atoms with Crippen LogP contribution in [0.1, 0.15) is 23.2 Å². The Morgan fingerprint density at radius 1 is 1.50 bits per heavy atom. The second-order valence-electron chi connectivity index (χ2n) is 4.27. The zero-order valence-corrected chi connectivity index (χ0v) is 13.6. The summed E-state index contributed by atoms with van der Waals surface area (Å²) in [5, 5.41) is 8.58. The van der Waals surface area contributed by atoms with Gasteiger partial charge < -0.3 is 0 Å². The third-order valence-electron chi connectivity index (χ3n) is 2.95. The van der Waals surface area contributed by atoms with Gasteiger partial charge in [-0.2, -0.15) is 9.40 Å². The van der Waals surface area contributed by atoms with E-state index in [1.165, 1.54) is 15.6 Å².